The predicted octanol–water partition coefficient (Wildman–Crippen LogP) is 3.06. The number of nitrogens with one attached hydrogen (secondary N) is 1. The average Bonchev–Trinajstić information content (AvgIpc) is 2.89. The van der Waals surface area contributed by atoms with Crippen LogP contribution in [0.2, 0.25) is 0 Å². The van der Waals surface area contributed by atoms with Gasteiger partial charge in [0.25, 0.3) is 0 Å². The van der Waals surface area contributed by atoms with Crippen molar-refractivity contribution >= 4 is 34.2 Å². The normalized spacial score (nSPS) is 15.5. The Hall–Kier alpha value is -3.83. The van der Waals surface area contributed by atoms with Crippen LogP contribution in [0.5, 0.6) is 5.75 Å². The van der Waals surface area contributed by atoms with Crippen molar-refractivity contribution < 1.29 is 18.7 Å². The maximum Gasteiger partial charge on any atom is 0.240 e. The lowest BCUT2D eigenvalue weighted by Crippen LogP contribution is -2.76. The van der Waals surface area contributed by atoms with Crippen molar-refractivity contribution in [2.24, 2.45) is 5.73 Å². The second-order valence-electron chi connectivity index (χ2n) is 10.6. The number of methoxy groups -OCH3 is 1. The van der Waals surface area contributed by atoms with E-state index in [1.165, 1.54) is 6.33 Å². The van der Waals surface area contributed by atoms with E-state index < -0.39 is 11.4 Å². The fourth-order valence-electron chi connectivity index (χ4n) is 5.20. The van der Waals surface area contributed by atoms with E-state index in [0.717, 1.165) is 5.56 Å². The standard InChI is InChI=1S/C29H38FN7O3/c1-7-37(29(28(31)39)15-36(16-29)19(3)11-25(38)35(4)5)14-20-12-21-23(13-24(20)40-6)32-17-33-27(21)34-22-10-8-9-18(2)26(22)30/h8-10,12-13,17,19H,7,11,14-16H2,1-6H3,(H2,31,39)(H,32,33,34). The van der Waals surface area contributed by atoms with Crippen LogP contribution >= 0.6 is 0 Å². The Morgan fingerprint density at radius 1 is 1.25 bits per heavy atom. The van der Waals surface area contributed by atoms with Gasteiger partial charge in [0.15, 0.2) is 0 Å². The summed E-state index contributed by atoms with van der Waals surface area (Å²) < 4.78 is 20.5. The summed E-state index contributed by atoms with van der Waals surface area (Å²) in [7, 11) is 5.05. The van der Waals surface area contributed by atoms with Crippen LogP contribution in [-0.4, -0.2) is 88.9 Å². The van der Waals surface area contributed by atoms with Gasteiger partial charge < -0.3 is 20.7 Å². The van der Waals surface area contributed by atoms with Gasteiger partial charge in [-0.15, -0.1) is 0 Å². The highest BCUT2D eigenvalue weighted by Gasteiger charge is 2.53. The van der Waals surface area contributed by atoms with Gasteiger partial charge in [-0.05, 0) is 38.1 Å². The summed E-state index contributed by atoms with van der Waals surface area (Å²) in [6.07, 6.45) is 1.78. The smallest absolute Gasteiger partial charge is 0.240 e. The fourth-order valence-corrected chi connectivity index (χ4v) is 5.20. The van der Waals surface area contributed by atoms with Crippen molar-refractivity contribution in [2.45, 2.75) is 45.3 Å². The van der Waals surface area contributed by atoms with Gasteiger partial charge in [-0.1, -0.05) is 19.1 Å². The molecule has 0 spiro atoms. The number of aromatic nitrogens is 2. The van der Waals surface area contributed by atoms with Gasteiger partial charge in [-0.25, -0.2) is 14.4 Å². The summed E-state index contributed by atoms with van der Waals surface area (Å²) in [5.74, 6) is 0.351. The molecule has 1 fully saturated rings. The molecule has 1 aliphatic rings. The lowest BCUT2D eigenvalue weighted by molar-refractivity contribution is -0.148. The van der Waals surface area contributed by atoms with Crippen LogP contribution in [0.3, 0.4) is 0 Å². The number of primary amides is 1. The minimum atomic E-state index is -0.886. The van der Waals surface area contributed by atoms with Gasteiger partial charge in [0.05, 0.1) is 18.3 Å². The van der Waals surface area contributed by atoms with Crippen LogP contribution in [-0.2, 0) is 16.1 Å². The zero-order valence-electron chi connectivity index (χ0n) is 24.0. The Morgan fingerprint density at radius 2 is 1.98 bits per heavy atom. The largest absolute Gasteiger partial charge is 0.496 e. The number of nitrogens with two attached hydrogens (primary N) is 1. The number of anilines is 2. The van der Waals surface area contributed by atoms with Gasteiger partial charge in [0.1, 0.15) is 29.3 Å². The molecule has 3 N–H and O–H groups in total. The number of aryl methyl sites for hydroxylation is 1. The summed E-state index contributed by atoms with van der Waals surface area (Å²) in [6.45, 7) is 7.47. The topological polar surface area (TPSA) is 117 Å². The number of likely N-dealkylation sites (N-methyl/N-ethyl adjacent to an activating group) is 1. The number of nitrogens with zero attached hydrogens (tertiary/aromatic N) is 5. The van der Waals surface area contributed by atoms with E-state index in [1.54, 1.807) is 51.2 Å². The summed E-state index contributed by atoms with van der Waals surface area (Å²) in [4.78, 5) is 39.6. The van der Waals surface area contributed by atoms with Crippen LogP contribution in [0, 0.1) is 12.7 Å². The molecule has 11 heteroatoms. The molecule has 214 valence electrons. The Kier molecular flexibility index (Phi) is 8.55. The van der Waals surface area contributed by atoms with Gasteiger partial charge in [0.2, 0.25) is 11.8 Å². The van der Waals surface area contributed by atoms with Crippen molar-refractivity contribution in [1.29, 1.82) is 0 Å². The second-order valence-corrected chi connectivity index (χ2v) is 10.6. The molecule has 4 rings (SSSR count). The summed E-state index contributed by atoms with van der Waals surface area (Å²) in [6, 6.07) is 8.85. The third-order valence-electron chi connectivity index (χ3n) is 7.81. The molecule has 1 unspecified atom stereocenters. The molecule has 0 aliphatic carbocycles. The summed E-state index contributed by atoms with van der Waals surface area (Å²) >= 11 is 0. The minimum absolute atomic E-state index is 0.0240. The number of rotatable bonds is 11. The zero-order chi connectivity index (χ0) is 29.2. The van der Waals surface area contributed by atoms with Crippen LogP contribution in [0.1, 0.15) is 31.4 Å². The molecule has 1 aliphatic heterocycles. The fraction of sp³-hybridized carbons (Fsp3) is 0.448. The van der Waals surface area contributed by atoms with Crippen molar-refractivity contribution in [3.8, 4) is 5.75 Å². The molecule has 1 aromatic heterocycles. The second kappa shape index (κ2) is 11.7. The first-order valence-corrected chi connectivity index (χ1v) is 13.3. The molecular weight excluding hydrogens is 513 g/mol. The van der Waals surface area contributed by atoms with Crippen molar-refractivity contribution in [3.05, 3.63) is 53.6 Å². The van der Waals surface area contributed by atoms with Crippen molar-refractivity contribution in [3.63, 3.8) is 0 Å². The van der Waals surface area contributed by atoms with Crippen molar-refractivity contribution in [1.82, 2.24) is 24.7 Å². The highest BCUT2D eigenvalue weighted by molar-refractivity contribution is 5.92. The zero-order valence-corrected chi connectivity index (χ0v) is 24.0. The molecule has 40 heavy (non-hydrogen) atoms. The molecule has 2 amide bonds. The molecule has 1 saturated heterocycles. The number of carbonyl (C=O) groups excluding carboxylic acids is 2. The maximum atomic E-state index is 14.8. The Bertz CT molecular complexity index is 1410. The highest BCUT2D eigenvalue weighted by Crippen LogP contribution is 2.36. The van der Waals surface area contributed by atoms with E-state index in [-0.39, 0.29) is 17.8 Å². The first-order chi connectivity index (χ1) is 19.0. The number of ether oxygens (including phenoxy) is 1. The van der Waals surface area contributed by atoms with Crippen LogP contribution in [0.25, 0.3) is 10.9 Å². The molecule has 2 heterocycles. The van der Waals surface area contributed by atoms with Crippen LogP contribution in [0.4, 0.5) is 15.9 Å². The average molecular weight is 552 g/mol. The van der Waals surface area contributed by atoms with E-state index in [1.807, 2.05) is 30.9 Å². The Labute approximate surface area is 234 Å². The quantitative estimate of drug-likeness (QED) is 0.374. The van der Waals surface area contributed by atoms with Gasteiger partial charge in [0, 0.05) is 63.2 Å². The first-order valence-electron chi connectivity index (χ1n) is 13.3. The summed E-state index contributed by atoms with van der Waals surface area (Å²) in [5, 5.41) is 3.80. The van der Waals surface area contributed by atoms with E-state index >= 15 is 0 Å². The highest BCUT2D eigenvalue weighted by atomic mass is 19.1. The monoisotopic (exact) mass is 551 g/mol. The van der Waals surface area contributed by atoms with Crippen LogP contribution < -0.4 is 15.8 Å². The number of benzene rings is 2. The van der Waals surface area contributed by atoms with Gasteiger partial charge >= 0.3 is 0 Å². The number of fused-ring (bicyclic) bond motifs is 1. The SMILES string of the molecule is CCN(Cc1cc2c(Nc3cccc(C)c3F)ncnc2cc1OC)C1(C(N)=O)CN(C(C)CC(=O)N(C)C)C1. The number of hydrogen-bond acceptors (Lipinski definition) is 8. The van der Waals surface area contributed by atoms with Crippen molar-refractivity contribution in [2.75, 3.05) is 46.2 Å². The third-order valence-corrected chi connectivity index (χ3v) is 7.81. The third kappa shape index (κ3) is 5.57. The van der Waals surface area contributed by atoms with E-state index in [9.17, 15) is 14.0 Å². The molecule has 2 aromatic carbocycles. The molecular formula is C29H38FN7O3. The van der Waals surface area contributed by atoms with Gasteiger partial charge in [-0.3, -0.25) is 19.4 Å². The molecule has 1 atom stereocenters. The Balaban J connectivity index is 1.64. The van der Waals surface area contributed by atoms with E-state index in [4.69, 9.17) is 10.5 Å². The van der Waals surface area contributed by atoms with Gasteiger partial charge in [-0.2, -0.15) is 0 Å². The maximum absolute atomic E-state index is 14.8. The summed E-state index contributed by atoms with van der Waals surface area (Å²) in [5.41, 5.74) is 7.39. The molecule has 3 aromatic rings. The number of likely N-dealkylation sites (tertiary alicyclic amines) is 1. The number of halogens is 1. The Morgan fingerprint density at radius 3 is 2.60 bits per heavy atom. The van der Waals surface area contributed by atoms with E-state index in [2.05, 4.69) is 20.2 Å². The minimum Gasteiger partial charge on any atom is -0.496 e. The number of hydrogen-bond donors (Lipinski definition) is 2. The lowest BCUT2D eigenvalue weighted by Gasteiger charge is -2.55. The first kappa shape index (κ1) is 29.2. The lowest BCUT2D eigenvalue weighted by atomic mass is 9.84. The molecule has 0 radical (unpaired) electrons. The molecule has 0 bridgehead atoms. The molecule has 0 saturated carbocycles. The number of carbonyl (C=O) groups is 2. The molecule has 10 nitrogen and oxygen atoms in total. The van der Waals surface area contributed by atoms with E-state index in [0.29, 0.717) is 66.3 Å². The van der Waals surface area contributed by atoms with Crippen LogP contribution in [0.15, 0.2) is 36.7 Å². The number of amides is 2. The predicted molar refractivity (Wildman–Crippen MR) is 153 cm³/mol.